The third-order valence-electron chi connectivity index (χ3n) is 4.30. The van der Waals surface area contributed by atoms with E-state index in [1.807, 2.05) is 24.3 Å². The molecule has 162 valence electrons. The average Bonchev–Trinajstić information content (AvgIpc) is 3.25. The van der Waals surface area contributed by atoms with E-state index in [1.54, 1.807) is 36.8 Å². The van der Waals surface area contributed by atoms with Crippen LogP contribution in [0.25, 0.3) is 0 Å². The average molecular weight is 466 g/mol. The van der Waals surface area contributed by atoms with E-state index in [0.29, 0.717) is 5.56 Å². The standard InChI is InChI=1S/C22H19N5O3S2/c28-15-6-4-14(5-7-15)18(29)12-25-21(30)17-11-16(8-10-23-17)31-20-13-26-22(32-20)27-19-3-1-2-9-24-19/h1-11,13,18,28-29H,12H2,(H,25,30)(H,24,26,27). The van der Waals surface area contributed by atoms with Crippen LogP contribution in [0.3, 0.4) is 0 Å². The van der Waals surface area contributed by atoms with E-state index in [2.05, 4.69) is 25.6 Å². The maximum absolute atomic E-state index is 12.5. The van der Waals surface area contributed by atoms with Gasteiger partial charge in [-0.1, -0.05) is 41.3 Å². The van der Waals surface area contributed by atoms with Crippen molar-refractivity contribution < 1.29 is 15.0 Å². The number of phenolic OH excluding ortho intramolecular Hbond substituents is 1. The van der Waals surface area contributed by atoms with E-state index >= 15 is 0 Å². The van der Waals surface area contributed by atoms with Gasteiger partial charge in [0, 0.05) is 23.8 Å². The molecule has 10 heteroatoms. The van der Waals surface area contributed by atoms with E-state index in [-0.39, 0.29) is 23.9 Å². The Morgan fingerprint density at radius 1 is 1.06 bits per heavy atom. The van der Waals surface area contributed by atoms with E-state index in [1.165, 1.54) is 35.2 Å². The topological polar surface area (TPSA) is 120 Å². The van der Waals surface area contributed by atoms with Crippen molar-refractivity contribution in [1.29, 1.82) is 0 Å². The molecule has 32 heavy (non-hydrogen) atoms. The summed E-state index contributed by atoms with van der Waals surface area (Å²) in [6.07, 6.45) is 4.15. The number of nitrogens with zero attached hydrogens (tertiary/aromatic N) is 3. The number of aliphatic hydroxyl groups is 1. The smallest absolute Gasteiger partial charge is 0.270 e. The van der Waals surface area contributed by atoms with Crippen molar-refractivity contribution in [3.8, 4) is 5.75 Å². The predicted octanol–water partition coefficient (Wildman–Crippen LogP) is 4.00. The first kappa shape index (κ1) is 21.8. The molecule has 1 amide bonds. The molecule has 0 saturated heterocycles. The number of carbonyl (C=O) groups excluding carboxylic acids is 1. The molecule has 0 aliphatic carbocycles. The monoisotopic (exact) mass is 465 g/mol. The maximum atomic E-state index is 12.5. The summed E-state index contributed by atoms with van der Waals surface area (Å²) < 4.78 is 0.948. The number of aliphatic hydroxyl groups excluding tert-OH is 1. The van der Waals surface area contributed by atoms with Gasteiger partial charge in [0.2, 0.25) is 0 Å². The molecule has 4 N–H and O–H groups in total. The Morgan fingerprint density at radius 3 is 2.69 bits per heavy atom. The van der Waals surface area contributed by atoms with Gasteiger partial charge in [0.15, 0.2) is 5.13 Å². The molecule has 0 fully saturated rings. The Balaban J connectivity index is 1.35. The van der Waals surface area contributed by atoms with Crippen LogP contribution in [0.2, 0.25) is 0 Å². The van der Waals surface area contributed by atoms with Crippen LogP contribution in [-0.2, 0) is 0 Å². The highest BCUT2D eigenvalue weighted by Crippen LogP contribution is 2.34. The van der Waals surface area contributed by atoms with Gasteiger partial charge < -0.3 is 20.8 Å². The van der Waals surface area contributed by atoms with Gasteiger partial charge in [0.05, 0.1) is 16.5 Å². The van der Waals surface area contributed by atoms with Crippen LogP contribution in [0.15, 0.2) is 82.3 Å². The third-order valence-corrected chi connectivity index (χ3v) is 6.30. The highest BCUT2D eigenvalue weighted by molar-refractivity contribution is 8.01. The molecular weight excluding hydrogens is 446 g/mol. The lowest BCUT2D eigenvalue weighted by Crippen LogP contribution is -2.29. The molecule has 4 rings (SSSR count). The van der Waals surface area contributed by atoms with Gasteiger partial charge in [-0.3, -0.25) is 9.78 Å². The molecule has 0 aliphatic rings. The number of hydrogen-bond acceptors (Lipinski definition) is 9. The number of anilines is 2. The number of aromatic hydroxyl groups is 1. The molecule has 0 aliphatic heterocycles. The Bertz CT molecular complexity index is 1190. The van der Waals surface area contributed by atoms with Crippen molar-refractivity contribution in [2.45, 2.75) is 15.2 Å². The normalized spacial score (nSPS) is 11.7. The molecule has 3 heterocycles. The number of rotatable bonds is 8. The number of pyridine rings is 2. The molecule has 1 unspecified atom stereocenters. The summed E-state index contributed by atoms with van der Waals surface area (Å²) >= 11 is 2.95. The number of nitrogens with one attached hydrogen (secondary N) is 2. The first-order valence-electron chi connectivity index (χ1n) is 9.60. The van der Waals surface area contributed by atoms with Crippen molar-refractivity contribution >= 4 is 40.0 Å². The molecule has 1 aromatic carbocycles. The summed E-state index contributed by atoms with van der Waals surface area (Å²) in [6, 6.07) is 15.3. The summed E-state index contributed by atoms with van der Waals surface area (Å²) in [5, 5.41) is 26.1. The third kappa shape index (κ3) is 5.82. The lowest BCUT2D eigenvalue weighted by molar-refractivity contribution is 0.0911. The van der Waals surface area contributed by atoms with Gasteiger partial charge in [-0.2, -0.15) is 0 Å². The SMILES string of the molecule is O=C(NCC(O)c1ccc(O)cc1)c1cc(Sc2cnc(Nc3ccccn3)s2)ccn1. The van der Waals surface area contributed by atoms with Crippen LogP contribution in [0.1, 0.15) is 22.2 Å². The van der Waals surface area contributed by atoms with Gasteiger partial charge in [-0.15, -0.1) is 0 Å². The lowest BCUT2D eigenvalue weighted by atomic mass is 10.1. The van der Waals surface area contributed by atoms with Crippen molar-refractivity contribution in [3.05, 3.63) is 84.4 Å². The van der Waals surface area contributed by atoms with Crippen molar-refractivity contribution in [2.75, 3.05) is 11.9 Å². The fourth-order valence-electron chi connectivity index (χ4n) is 2.72. The molecule has 4 aromatic rings. The summed E-state index contributed by atoms with van der Waals surface area (Å²) in [5.74, 6) is 0.451. The highest BCUT2D eigenvalue weighted by Gasteiger charge is 2.13. The second-order valence-corrected chi connectivity index (χ2v) is 9.03. The van der Waals surface area contributed by atoms with Crippen LogP contribution >= 0.6 is 23.1 Å². The second-order valence-electron chi connectivity index (χ2n) is 6.62. The lowest BCUT2D eigenvalue weighted by Gasteiger charge is -2.12. The van der Waals surface area contributed by atoms with Crippen LogP contribution in [0.4, 0.5) is 10.9 Å². The van der Waals surface area contributed by atoms with Crippen molar-refractivity contribution in [2.24, 2.45) is 0 Å². The summed E-state index contributed by atoms with van der Waals surface area (Å²) in [7, 11) is 0. The number of amides is 1. The van der Waals surface area contributed by atoms with Gasteiger partial charge >= 0.3 is 0 Å². The van der Waals surface area contributed by atoms with E-state index < -0.39 is 6.10 Å². The number of hydrogen-bond donors (Lipinski definition) is 4. The fourth-order valence-corrected chi connectivity index (χ4v) is 4.61. The zero-order valence-electron chi connectivity index (χ0n) is 16.7. The van der Waals surface area contributed by atoms with E-state index in [0.717, 1.165) is 20.1 Å². The Labute approximate surface area is 192 Å². The zero-order valence-corrected chi connectivity index (χ0v) is 18.3. The minimum atomic E-state index is -0.890. The van der Waals surface area contributed by atoms with Gasteiger partial charge in [0.25, 0.3) is 5.91 Å². The fraction of sp³-hybridized carbons (Fsp3) is 0.0909. The molecule has 0 bridgehead atoms. The Morgan fingerprint density at radius 2 is 1.91 bits per heavy atom. The van der Waals surface area contributed by atoms with Crippen molar-refractivity contribution in [3.63, 3.8) is 0 Å². The van der Waals surface area contributed by atoms with Crippen molar-refractivity contribution in [1.82, 2.24) is 20.3 Å². The molecule has 3 aromatic heterocycles. The summed E-state index contributed by atoms with van der Waals surface area (Å²) in [6.45, 7) is 0.0278. The van der Waals surface area contributed by atoms with E-state index in [4.69, 9.17) is 0 Å². The number of carbonyl (C=O) groups is 1. The number of phenols is 1. The molecule has 0 radical (unpaired) electrons. The van der Waals surface area contributed by atoms with Crippen LogP contribution in [-0.4, -0.2) is 37.6 Å². The second kappa shape index (κ2) is 10.2. The largest absolute Gasteiger partial charge is 0.508 e. The number of aromatic nitrogens is 3. The molecular formula is C22H19N5O3S2. The van der Waals surface area contributed by atoms with Crippen LogP contribution in [0, 0.1) is 0 Å². The van der Waals surface area contributed by atoms with Gasteiger partial charge in [-0.25, -0.2) is 9.97 Å². The summed E-state index contributed by atoms with van der Waals surface area (Å²) in [5.41, 5.74) is 0.852. The first-order valence-corrected chi connectivity index (χ1v) is 11.2. The molecule has 0 saturated carbocycles. The number of thiazole rings is 1. The van der Waals surface area contributed by atoms with Gasteiger partial charge in [-0.05, 0) is 42.0 Å². The first-order chi connectivity index (χ1) is 15.6. The molecule has 0 spiro atoms. The quantitative estimate of drug-likeness (QED) is 0.308. The van der Waals surface area contributed by atoms with Crippen LogP contribution < -0.4 is 10.6 Å². The predicted molar refractivity (Wildman–Crippen MR) is 123 cm³/mol. The highest BCUT2D eigenvalue weighted by atomic mass is 32.2. The minimum absolute atomic E-state index is 0.0278. The Hall–Kier alpha value is -3.47. The van der Waals surface area contributed by atoms with E-state index in [9.17, 15) is 15.0 Å². The van der Waals surface area contributed by atoms with Gasteiger partial charge in [0.1, 0.15) is 17.3 Å². The maximum Gasteiger partial charge on any atom is 0.270 e. The zero-order chi connectivity index (χ0) is 22.3. The van der Waals surface area contributed by atoms with Crippen LogP contribution in [0.5, 0.6) is 5.75 Å². The Kier molecular flexibility index (Phi) is 6.95. The molecule has 1 atom stereocenters. The minimum Gasteiger partial charge on any atom is -0.508 e. The summed E-state index contributed by atoms with van der Waals surface area (Å²) in [4.78, 5) is 26.0. The molecule has 8 nitrogen and oxygen atoms in total. The number of benzene rings is 1.